The molecule has 0 spiro atoms. The van der Waals surface area contributed by atoms with Crippen molar-refractivity contribution in [3.05, 3.63) is 93.0 Å². The highest BCUT2D eigenvalue weighted by Crippen LogP contribution is 2.37. The number of imide groups is 2. The lowest BCUT2D eigenvalue weighted by atomic mass is 9.90. The monoisotopic (exact) mass is 779 g/mol. The van der Waals surface area contributed by atoms with Gasteiger partial charge < -0.3 is 15.1 Å². The summed E-state index contributed by atoms with van der Waals surface area (Å²) >= 11 is 6.26. The number of fused-ring (bicyclic) bond motifs is 2. The number of alkyl halides is 1. The van der Waals surface area contributed by atoms with Crippen molar-refractivity contribution in [3.8, 4) is 6.07 Å². The van der Waals surface area contributed by atoms with Crippen LogP contribution >= 0.6 is 11.6 Å². The predicted molar refractivity (Wildman–Crippen MR) is 207 cm³/mol. The Hall–Kier alpha value is -5.32. The van der Waals surface area contributed by atoms with Gasteiger partial charge in [-0.1, -0.05) is 11.6 Å². The standard InChI is InChI=1S/C42H43ClFN7O5/c1-48(32-9-4-26(21-45)35(43)20-32)30-10-5-29(6-11-30)46-38(53)25-2-7-31(8-3-25)50-16-14-42(44,15-17-50)24-49-22-27-18-33-34(19-28(27)23-49)41(56)51(40(33)55)36-12-13-37(52)47-39(36)54/h2-4,7-9,18-20,29-30,36H,5-6,10-17,22-24H2,1H3,(H,46,53)(H,47,52,54). The lowest BCUT2D eigenvalue weighted by molar-refractivity contribution is -0.136. The van der Waals surface area contributed by atoms with Crippen LogP contribution < -0.4 is 20.4 Å². The quantitative estimate of drug-likeness (QED) is 0.298. The fraction of sp³-hybridized carbons (Fsp3) is 0.429. The number of nitrogens with one attached hydrogen (secondary N) is 2. The summed E-state index contributed by atoms with van der Waals surface area (Å²) in [5, 5.41) is 15.0. The molecular formula is C42H43ClFN7O5. The maximum Gasteiger partial charge on any atom is 0.262 e. The predicted octanol–water partition coefficient (Wildman–Crippen LogP) is 5.11. The number of hydrogen-bond donors (Lipinski definition) is 2. The molecule has 3 aromatic rings. The Morgan fingerprint density at radius 2 is 1.59 bits per heavy atom. The zero-order valence-corrected chi connectivity index (χ0v) is 31.9. The smallest absolute Gasteiger partial charge is 0.262 e. The second kappa shape index (κ2) is 15.0. The normalized spacial score (nSPS) is 23.4. The van der Waals surface area contributed by atoms with E-state index in [2.05, 4.69) is 26.5 Å². The van der Waals surface area contributed by atoms with E-state index in [1.165, 1.54) is 0 Å². The molecule has 3 aromatic carbocycles. The van der Waals surface area contributed by atoms with Crippen molar-refractivity contribution in [1.29, 1.82) is 5.26 Å². The first kappa shape index (κ1) is 37.6. The van der Waals surface area contributed by atoms with Crippen LogP contribution in [0.1, 0.15) is 99.1 Å². The molecule has 1 saturated carbocycles. The van der Waals surface area contributed by atoms with Gasteiger partial charge in [0.25, 0.3) is 17.7 Å². The first-order valence-electron chi connectivity index (χ1n) is 19.3. The lowest BCUT2D eigenvalue weighted by Gasteiger charge is -2.39. The summed E-state index contributed by atoms with van der Waals surface area (Å²) in [5.74, 6) is -2.25. The number of piperidine rings is 2. The van der Waals surface area contributed by atoms with E-state index in [0.29, 0.717) is 61.2 Å². The number of carbonyl (C=O) groups excluding carboxylic acids is 5. The zero-order chi connectivity index (χ0) is 39.3. The minimum absolute atomic E-state index is 0.0608. The summed E-state index contributed by atoms with van der Waals surface area (Å²) in [6.07, 6.45) is 4.40. The Balaban J connectivity index is 0.801. The van der Waals surface area contributed by atoms with Gasteiger partial charge in [-0.15, -0.1) is 0 Å². The van der Waals surface area contributed by atoms with E-state index in [1.54, 1.807) is 18.2 Å². The Labute approximate surface area is 329 Å². The van der Waals surface area contributed by atoms with Crippen LogP contribution in [0.5, 0.6) is 0 Å². The van der Waals surface area contributed by atoms with Gasteiger partial charge in [0.1, 0.15) is 17.8 Å². The molecule has 0 bridgehead atoms. The van der Waals surface area contributed by atoms with Gasteiger partial charge in [-0.25, -0.2) is 4.39 Å². The first-order chi connectivity index (χ1) is 26.9. The van der Waals surface area contributed by atoms with Crippen molar-refractivity contribution in [1.82, 2.24) is 20.4 Å². The lowest BCUT2D eigenvalue weighted by Crippen LogP contribution is -2.54. The summed E-state index contributed by atoms with van der Waals surface area (Å²) in [7, 11) is 2.04. The fourth-order valence-electron chi connectivity index (χ4n) is 9.00. The number of hydrogen-bond acceptors (Lipinski definition) is 9. The number of halogens is 2. The van der Waals surface area contributed by atoms with Crippen LogP contribution in [0.25, 0.3) is 0 Å². The summed E-state index contributed by atoms with van der Waals surface area (Å²) < 4.78 is 16.3. The Bertz CT molecular complexity index is 2110. The van der Waals surface area contributed by atoms with Crippen LogP contribution in [0.15, 0.2) is 54.6 Å². The molecule has 2 N–H and O–H groups in total. The Morgan fingerprint density at radius 1 is 0.946 bits per heavy atom. The van der Waals surface area contributed by atoms with Crippen LogP contribution in [0.3, 0.4) is 0 Å². The molecule has 290 valence electrons. The van der Waals surface area contributed by atoms with Crippen LogP contribution in [0, 0.1) is 11.3 Å². The van der Waals surface area contributed by atoms with Crippen molar-refractivity contribution in [2.24, 2.45) is 0 Å². The second-order valence-corrected chi connectivity index (χ2v) is 16.2. The Kier molecular flexibility index (Phi) is 10.1. The molecule has 14 heteroatoms. The largest absolute Gasteiger partial charge is 0.372 e. The van der Waals surface area contributed by atoms with E-state index < -0.39 is 35.3 Å². The van der Waals surface area contributed by atoms with Gasteiger partial charge in [0.05, 0.1) is 21.7 Å². The molecule has 1 unspecified atom stereocenters. The number of nitrogens with zero attached hydrogens (tertiary/aromatic N) is 5. The molecule has 0 aromatic heterocycles. The summed E-state index contributed by atoms with van der Waals surface area (Å²) in [6.45, 7) is 2.19. The molecule has 56 heavy (non-hydrogen) atoms. The summed E-state index contributed by atoms with van der Waals surface area (Å²) in [4.78, 5) is 71.1. The highest BCUT2D eigenvalue weighted by Gasteiger charge is 2.46. The molecule has 3 fully saturated rings. The highest BCUT2D eigenvalue weighted by atomic mass is 35.5. The fourth-order valence-corrected chi connectivity index (χ4v) is 9.22. The van der Waals surface area contributed by atoms with Crippen molar-refractivity contribution < 1.29 is 28.4 Å². The van der Waals surface area contributed by atoms with E-state index in [1.807, 2.05) is 48.3 Å². The molecule has 4 heterocycles. The minimum Gasteiger partial charge on any atom is -0.372 e. The van der Waals surface area contributed by atoms with Gasteiger partial charge in [-0.2, -0.15) is 5.26 Å². The molecule has 12 nitrogen and oxygen atoms in total. The molecule has 8 rings (SSSR count). The average Bonchev–Trinajstić information content (AvgIpc) is 3.69. The van der Waals surface area contributed by atoms with Gasteiger partial charge in [0.15, 0.2) is 0 Å². The summed E-state index contributed by atoms with van der Waals surface area (Å²) in [6, 6.07) is 17.9. The van der Waals surface area contributed by atoms with Crippen molar-refractivity contribution in [3.63, 3.8) is 0 Å². The number of carbonyl (C=O) groups is 5. The van der Waals surface area contributed by atoms with Crippen molar-refractivity contribution in [2.75, 3.05) is 36.5 Å². The van der Waals surface area contributed by atoms with E-state index >= 15 is 4.39 Å². The van der Waals surface area contributed by atoms with Crippen molar-refractivity contribution in [2.45, 2.75) is 88.3 Å². The number of anilines is 2. The third-order valence-electron chi connectivity index (χ3n) is 12.3. The summed E-state index contributed by atoms with van der Waals surface area (Å²) in [5.41, 5.74) is 3.77. The van der Waals surface area contributed by atoms with E-state index in [0.717, 1.165) is 53.1 Å². The molecule has 4 aliphatic heterocycles. The molecule has 1 atom stereocenters. The van der Waals surface area contributed by atoms with E-state index in [-0.39, 0.29) is 42.5 Å². The molecular weight excluding hydrogens is 737 g/mol. The van der Waals surface area contributed by atoms with Crippen LogP contribution in [-0.4, -0.2) is 89.8 Å². The number of benzene rings is 3. The third kappa shape index (κ3) is 7.23. The molecule has 2 saturated heterocycles. The van der Waals surface area contributed by atoms with Crippen LogP contribution in [0.4, 0.5) is 15.8 Å². The van der Waals surface area contributed by atoms with Crippen LogP contribution in [0.2, 0.25) is 5.02 Å². The van der Waals surface area contributed by atoms with Crippen LogP contribution in [-0.2, 0) is 22.7 Å². The maximum absolute atomic E-state index is 16.3. The van der Waals surface area contributed by atoms with Crippen molar-refractivity contribution >= 4 is 52.5 Å². The molecule has 1 aliphatic carbocycles. The average molecular weight is 780 g/mol. The van der Waals surface area contributed by atoms with E-state index in [9.17, 15) is 29.2 Å². The topological polar surface area (TPSA) is 146 Å². The SMILES string of the molecule is CN(c1ccc(C#N)c(Cl)c1)C1CCC(NC(=O)c2ccc(N3CCC(F)(CN4Cc5cc6c(cc5C4)C(=O)N(C4CCC(=O)NC4=O)C6=O)CC3)cc2)CC1. The zero-order valence-electron chi connectivity index (χ0n) is 31.2. The second-order valence-electron chi connectivity index (χ2n) is 15.8. The number of rotatable bonds is 8. The molecule has 5 amide bonds. The number of nitriles is 1. The number of amides is 5. The van der Waals surface area contributed by atoms with Gasteiger partial charge in [-0.05, 0) is 97.8 Å². The maximum atomic E-state index is 16.3. The van der Waals surface area contributed by atoms with Gasteiger partial charge in [-0.3, -0.25) is 39.1 Å². The Morgan fingerprint density at radius 3 is 2.18 bits per heavy atom. The molecule has 5 aliphatic rings. The minimum atomic E-state index is -1.40. The van der Waals surface area contributed by atoms with Gasteiger partial charge in [0.2, 0.25) is 11.8 Å². The first-order valence-corrected chi connectivity index (χ1v) is 19.6. The van der Waals surface area contributed by atoms with E-state index in [4.69, 9.17) is 11.6 Å². The molecule has 0 radical (unpaired) electrons. The highest BCUT2D eigenvalue weighted by molar-refractivity contribution is 6.32. The third-order valence-corrected chi connectivity index (χ3v) is 12.6. The van der Waals surface area contributed by atoms with Gasteiger partial charge >= 0.3 is 0 Å². The van der Waals surface area contributed by atoms with Gasteiger partial charge in [0, 0.05) is 88.1 Å².